The molecular weight excluding hydrogens is 454 g/mol. The van der Waals surface area contributed by atoms with E-state index >= 15 is 0 Å². The van der Waals surface area contributed by atoms with Gasteiger partial charge in [-0.25, -0.2) is 0 Å². The summed E-state index contributed by atoms with van der Waals surface area (Å²) in [6.07, 6.45) is 1.76. The second-order valence-electron chi connectivity index (χ2n) is 9.33. The molecule has 2 heterocycles. The third-order valence-electron chi connectivity index (χ3n) is 6.82. The maximum atomic E-state index is 13.1. The predicted octanol–water partition coefficient (Wildman–Crippen LogP) is 4.41. The van der Waals surface area contributed by atoms with Gasteiger partial charge in [0.05, 0.1) is 18.2 Å². The van der Waals surface area contributed by atoms with Crippen molar-refractivity contribution >= 4 is 23.2 Å². The van der Waals surface area contributed by atoms with E-state index in [4.69, 9.17) is 9.47 Å². The standard InChI is InChI=1S/C29H31N3O4/c1-30(2)21-6-4-20(5-7-21)18-27-28(34)24-12-13-26(33)25(29(24)36-27)19-31-14-16-32(17-15-31)22-8-10-23(35-3)11-9-22/h4-13,18,33H,14-17,19H2,1-3H3/b27-18+. The van der Waals surface area contributed by atoms with Crippen molar-refractivity contribution in [1.82, 2.24) is 4.90 Å². The lowest BCUT2D eigenvalue weighted by molar-refractivity contribution is 0.101. The second kappa shape index (κ2) is 9.95. The molecular formula is C29H31N3O4. The molecule has 0 radical (unpaired) electrons. The molecule has 7 nitrogen and oxygen atoms in total. The number of carbonyl (C=O) groups is 1. The molecule has 0 unspecified atom stereocenters. The molecule has 186 valence electrons. The average molecular weight is 486 g/mol. The Labute approximate surface area is 211 Å². The van der Waals surface area contributed by atoms with Crippen LogP contribution in [0, 0.1) is 0 Å². The Bertz CT molecular complexity index is 1280. The van der Waals surface area contributed by atoms with Gasteiger partial charge in [0.25, 0.3) is 0 Å². The number of benzene rings is 3. The number of Topliss-reactive ketones (excluding diaryl/α,β-unsaturated/α-hetero) is 1. The molecule has 0 aromatic heterocycles. The van der Waals surface area contributed by atoms with Gasteiger partial charge in [-0.05, 0) is 60.2 Å². The number of nitrogens with zero attached hydrogens (tertiary/aromatic N) is 3. The van der Waals surface area contributed by atoms with E-state index in [1.54, 1.807) is 25.3 Å². The van der Waals surface area contributed by atoms with Crippen LogP contribution in [0.5, 0.6) is 17.2 Å². The minimum atomic E-state index is -0.160. The molecule has 0 saturated carbocycles. The van der Waals surface area contributed by atoms with E-state index in [1.807, 2.05) is 55.4 Å². The van der Waals surface area contributed by atoms with E-state index in [9.17, 15) is 9.90 Å². The van der Waals surface area contributed by atoms with Crippen molar-refractivity contribution in [1.29, 1.82) is 0 Å². The first-order chi connectivity index (χ1) is 17.4. The SMILES string of the molecule is COc1ccc(N2CCN(Cc3c(O)ccc4c3O/C(=C/c3ccc(N(C)C)cc3)C4=O)CC2)cc1. The quantitative estimate of drug-likeness (QED) is 0.519. The van der Waals surface area contributed by atoms with Gasteiger partial charge in [0.15, 0.2) is 5.76 Å². The van der Waals surface area contributed by atoms with Crippen LogP contribution in [0.2, 0.25) is 0 Å². The summed E-state index contributed by atoms with van der Waals surface area (Å²) in [6.45, 7) is 3.93. The zero-order valence-corrected chi connectivity index (χ0v) is 20.9. The summed E-state index contributed by atoms with van der Waals surface area (Å²) in [5, 5.41) is 10.7. The number of ether oxygens (including phenoxy) is 2. The molecule has 0 bridgehead atoms. The van der Waals surface area contributed by atoms with Crippen LogP contribution >= 0.6 is 0 Å². The number of methoxy groups -OCH3 is 1. The highest BCUT2D eigenvalue weighted by Gasteiger charge is 2.32. The van der Waals surface area contributed by atoms with Gasteiger partial charge in [0.2, 0.25) is 5.78 Å². The highest BCUT2D eigenvalue weighted by Crippen LogP contribution is 2.40. The van der Waals surface area contributed by atoms with Crippen LogP contribution in [0.1, 0.15) is 21.5 Å². The summed E-state index contributed by atoms with van der Waals surface area (Å²) in [5.74, 6) is 1.58. The van der Waals surface area contributed by atoms with Crippen molar-refractivity contribution in [2.24, 2.45) is 0 Å². The smallest absolute Gasteiger partial charge is 0.231 e. The van der Waals surface area contributed by atoms with E-state index in [-0.39, 0.29) is 17.3 Å². The van der Waals surface area contributed by atoms with Crippen LogP contribution in [0.3, 0.4) is 0 Å². The van der Waals surface area contributed by atoms with E-state index < -0.39 is 0 Å². The third kappa shape index (κ3) is 4.75. The van der Waals surface area contributed by atoms with Crippen molar-refractivity contribution in [2.75, 3.05) is 57.2 Å². The largest absolute Gasteiger partial charge is 0.507 e. The van der Waals surface area contributed by atoms with Crippen LogP contribution in [0.4, 0.5) is 11.4 Å². The minimum Gasteiger partial charge on any atom is -0.507 e. The average Bonchev–Trinajstić information content (AvgIpc) is 3.21. The molecule has 3 aromatic carbocycles. The van der Waals surface area contributed by atoms with Gasteiger partial charge in [-0.2, -0.15) is 0 Å². The number of anilines is 2. The molecule has 2 aliphatic rings. The van der Waals surface area contributed by atoms with Crippen molar-refractivity contribution in [3.63, 3.8) is 0 Å². The summed E-state index contributed by atoms with van der Waals surface area (Å²) in [4.78, 5) is 19.7. The lowest BCUT2D eigenvalue weighted by Crippen LogP contribution is -2.46. The Morgan fingerprint density at radius 2 is 1.67 bits per heavy atom. The normalized spacial score (nSPS) is 16.7. The summed E-state index contributed by atoms with van der Waals surface area (Å²) < 4.78 is 11.3. The molecule has 0 aliphatic carbocycles. The Kier molecular flexibility index (Phi) is 6.57. The van der Waals surface area contributed by atoms with E-state index in [1.165, 1.54) is 5.69 Å². The van der Waals surface area contributed by atoms with Gasteiger partial charge < -0.3 is 24.4 Å². The Balaban J connectivity index is 1.29. The molecule has 0 spiro atoms. The van der Waals surface area contributed by atoms with E-state index in [0.29, 0.717) is 23.4 Å². The van der Waals surface area contributed by atoms with Gasteiger partial charge >= 0.3 is 0 Å². The number of rotatable bonds is 6. The monoisotopic (exact) mass is 485 g/mol. The van der Waals surface area contributed by atoms with E-state index in [0.717, 1.165) is 43.2 Å². The van der Waals surface area contributed by atoms with Crippen molar-refractivity contribution < 1.29 is 19.4 Å². The fourth-order valence-electron chi connectivity index (χ4n) is 4.65. The third-order valence-corrected chi connectivity index (χ3v) is 6.82. The first kappa shape index (κ1) is 23.8. The Hall–Kier alpha value is -3.97. The number of allylic oxidation sites excluding steroid dienone is 1. The zero-order valence-electron chi connectivity index (χ0n) is 20.9. The lowest BCUT2D eigenvalue weighted by atomic mass is 10.0. The maximum Gasteiger partial charge on any atom is 0.231 e. The topological polar surface area (TPSA) is 65.5 Å². The van der Waals surface area contributed by atoms with E-state index in [2.05, 4.69) is 21.9 Å². The van der Waals surface area contributed by atoms with Gasteiger partial charge in [-0.3, -0.25) is 9.69 Å². The van der Waals surface area contributed by atoms with Crippen LogP contribution in [-0.4, -0.2) is 63.2 Å². The lowest BCUT2D eigenvalue weighted by Gasteiger charge is -2.36. The number of phenolic OH excluding ortho intramolecular Hbond substituents is 1. The highest BCUT2D eigenvalue weighted by molar-refractivity contribution is 6.15. The molecule has 0 amide bonds. The number of piperazine rings is 1. The number of ketones is 1. The number of hydrogen-bond acceptors (Lipinski definition) is 7. The first-order valence-corrected chi connectivity index (χ1v) is 12.1. The Morgan fingerprint density at radius 1 is 0.972 bits per heavy atom. The summed E-state index contributed by atoms with van der Waals surface area (Å²) in [7, 11) is 5.64. The molecule has 3 aromatic rings. The van der Waals surface area contributed by atoms with Gasteiger partial charge in [0, 0.05) is 58.2 Å². The fraction of sp³-hybridized carbons (Fsp3) is 0.276. The number of fused-ring (bicyclic) bond motifs is 1. The first-order valence-electron chi connectivity index (χ1n) is 12.1. The second-order valence-corrected chi connectivity index (χ2v) is 9.33. The van der Waals surface area contributed by atoms with Gasteiger partial charge in [0.1, 0.15) is 17.2 Å². The number of aromatic hydroxyl groups is 1. The molecule has 1 saturated heterocycles. The van der Waals surface area contributed by atoms with Gasteiger partial charge in [-0.1, -0.05) is 12.1 Å². The van der Waals surface area contributed by atoms with Crippen LogP contribution < -0.4 is 19.3 Å². The molecule has 7 heteroatoms. The summed E-state index contributed by atoms with van der Waals surface area (Å²) in [6, 6.07) is 19.3. The molecule has 1 N–H and O–H groups in total. The molecule has 2 aliphatic heterocycles. The molecule has 5 rings (SSSR count). The van der Waals surface area contributed by atoms with Crippen molar-refractivity contribution in [2.45, 2.75) is 6.54 Å². The number of phenols is 1. The summed E-state index contributed by atoms with van der Waals surface area (Å²) in [5.41, 5.74) is 4.29. The molecule has 0 atom stereocenters. The van der Waals surface area contributed by atoms with Crippen LogP contribution in [0.25, 0.3) is 6.08 Å². The predicted molar refractivity (Wildman–Crippen MR) is 142 cm³/mol. The molecule has 1 fully saturated rings. The maximum absolute atomic E-state index is 13.1. The minimum absolute atomic E-state index is 0.149. The highest BCUT2D eigenvalue weighted by atomic mass is 16.5. The van der Waals surface area contributed by atoms with Gasteiger partial charge in [-0.15, -0.1) is 0 Å². The number of hydrogen-bond donors (Lipinski definition) is 1. The number of carbonyl (C=O) groups excluding carboxylic acids is 1. The summed E-state index contributed by atoms with van der Waals surface area (Å²) >= 11 is 0. The zero-order chi connectivity index (χ0) is 25.2. The molecule has 36 heavy (non-hydrogen) atoms. The Morgan fingerprint density at radius 3 is 2.31 bits per heavy atom. The van der Waals surface area contributed by atoms with Crippen LogP contribution in [-0.2, 0) is 6.54 Å². The van der Waals surface area contributed by atoms with Crippen molar-refractivity contribution in [3.8, 4) is 17.2 Å². The fourth-order valence-corrected chi connectivity index (χ4v) is 4.65. The van der Waals surface area contributed by atoms with Crippen molar-refractivity contribution in [3.05, 3.63) is 83.1 Å². The van der Waals surface area contributed by atoms with Crippen LogP contribution in [0.15, 0.2) is 66.4 Å².